The first kappa shape index (κ1) is 16.6. The van der Waals surface area contributed by atoms with Crippen molar-refractivity contribution >= 4 is 16.0 Å². The number of carboxylic acids is 1. The molecule has 0 aromatic heterocycles. The third kappa shape index (κ3) is 4.92. The quantitative estimate of drug-likeness (QED) is 0.814. The fraction of sp³-hybridized carbons (Fsp3) is 0.462. The van der Waals surface area contributed by atoms with E-state index >= 15 is 0 Å². The van der Waals surface area contributed by atoms with Crippen LogP contribution in [0.5, 0.6) is 0 Å². The van der Waals surface area contributed by atoms with Gasteiger partial charge in [0.05, 0.1) is 16.9 Å². The van der Waals surface area contributed by atoms with Crippen LogP contribution in [0.3, 0.4) is 0 Å². The average molecular weight is 301 g/mol. The lowest BCUT2D eigenvalue weighted by Crippen LogP contribution is -2.40. The number of sulfonamides is 1. The van der Waals surface area contributed by atoms with Gasteiger partial charge in [0, 0.05) is 13.6 Å². The fourth-order valence-electron chi connectivity index (χ4n) is 1.76. The molecule has 0 saturated heterocycles. The summed E-state index contributed by atoms with van der Waals surface area (Å²) in [6.45, 7) is 3.00. The highest BCUT2D eigenvalue weighted by Crippen LogP contribution is 2.14. The monoisotopic (exact) mass is 301 g/mol. The summed E-state index contributed by atoms with van der Waals surface area (Å²) < 4.78 is 25.3. The van der Waals surface area contributed by atoms with Crippen LogP contribution in [0.1, 0.15) is 29.8 Å². The van der Waals surface area contributed by atoms with E-state index in [1.54, 1.807) is 6.07 Å². The smallest absolute Gasteiger partial charge is 0.335 e. The van der Waals surface area contributed by atoms with Gasteiger partial charge in [0.15, 0.2) is 0 Å². The van der Waals surface area contributed by atoms with E-state index in [2.05, 4.69) is 0 Å². The third-order valence-corrected chi connectivity index (χ3v) is 4.38. The van der Waals surface area contributed by atoms with E-state index in [1.165, 1.54) is 39.1 Å². The third-order valence-electron chi connectivity index (χ3n) is 2.61. The Morgan fingerprint density at radius 3 is 2.45 bits per heavy atom. The molecule has 0 radical (unpaired) electrons. The van der Waals surface area contributed by atoms with E-state index in [4.69, 9.17) is 5.11 Å². The number of carboxylic acid groups (broad SMARTS) is 1. The van der Waals surface area contributed by atoms with Gasteiger partial charge in [0.2, 0.25) is 10.0 Å². The molecule has 2 N–H and O–H groups in total. The predicted molar refractivity (Wildman–Crippen MR) is 75.0 cm³/mol. The van der Waals surface area contributed by atoms with Gasteiger partial charge in [0.25, 0.3) is 0 Å². The normalized spacial score (nSPS) is 12.7. The maximum atomic E-state index is 12.1. The Balaban J connectivity index is 2.91. The maximum absolute atomic E-state index is 12.1. The summed E-state index contributed by atoms with van der Waals surface area (Å²) in [7, 11) is -2.23. The average Bonchev–Trinajstić information content (AvgIpc) is 2.26. The summed E-state index contributed by atoms with van der Waals surface area (Å²) in [5, 5.41) is 18.5. The number of rotatable bonds is 6. The Hall–Kier alpha value is -1.44. The summed E-state index contributed by atoms with van der Waals surface area (Å²) in [4.78, 5) is 10.8. The lowest BCUT2D eigenvalue weighted by atomic mass is 10.1. The summed E-state index contributed by atoms with van der Waals surface area (Å²) in [6.07, 6.45) is 0. The van der Waals surface area contributed by atoms with Crippen LogP contribution in [0.2, 0.25) is 0 Å². The second kappa shape index (κ2) is 5.90. The number of benzene rings is 1. The number of nitrogens with zero attached hydrogens (tertiary/aromatic N) is 1. The molecule has 1 aromatic carbocycles. The molecule has 0 amide bonds. The number of likely N-dealkylation sites (N-methyl/N-ethyl adjacent to an activating group) is 1. The minimum atomic E-state index is -3.61. The molecule has 20 heavy (non-hydrogen) atoms. The Morgan fingerprint density at radius 1 is 1.35 bits per heavy atom. The number of hydrogen-bond acceptors (Lipinski definition) is 4. The van der Waals surface area contributed by atoms with Crippen LogP contribution in [-0.4, -0.2) is 48.1 Å². The fourth-order valence-corrected chi connectivity index (χ4v) is 3.09. The highest BCUT2D eigenvalue weighted by Gasteiger charge is 2.25. The summed E-state index contributed by atoms with van der Waals surface area (Å²) >= 11 is 0. The van der Waals surface area contributed by atoms with Crippen molar-refractivity contribution in [3.63, 3.8) is 0 Å². The number of aromatic carboxylic acids is 1. The Bertz CT molecular complexity index is 589. The van der Waals surface area contributed by atoms with Crippen LogP contribution in [0.15, 0.2) is 24.3 Å². The molecule has 6 nitrogen and oxygen atoms in total. The van der Waals surface area contributed by atoms with Crippen LogP contribution < -0.4 is 0 Å². The second-order valence-electron chi connectivity index (χ2n) is 5.33. The molecule has 0 bridgehead atoms. The van der Waals surface area contributed by atoms with Crippen LogP contribution >= 0.6 is 0 Å². The highest BCUT2D eigenvalue weighted by molar-refractivity contribution is 7.88. The molecule has 0 heterocycles. The van der Waals surface area contributed by atoms with E-state index in [9.17, 15) is 18.3 Å². The largest absolute Gasteiger partial charge is 0.478 e. The molecule has 0 aliphatic heterocycles. The van der Waals surface area contributed by atoms with E-state index in [-0.39, 0.29) is 17.9 Å². The Morgan fingerprint density at radius 2 is 1.95 bits per heavy atom. The number of hydrogen-bond donors (Lipinski definition) is 2. The zero-order valence-corrected chi connectivity index (χ0v) is 12.5. The first-order chi connectivity index (χ1) is 9.01. The van der Waals surface area contributed by atoms with Gasteiger partial charge in [-0.25, -0.2) is 17.5 Å². The summed E-state index contributed by atoms with van der Waals surface area (Å²) in [5.74, 6) is -1.41. The molecule has 1 aromatic rings. The number of aliphatic hydroxyl groups is 1. The van der Waals surface area contributed by atoms with E-state index < -0.39 is 21.6 Å². The van der Waals surface area contributed by atoms with Gasteiger partial charge < -0.3 is 10.2 Å². The first-order valence-electron chi connectivity index (χ1n) is 6.00. The molecule has 0 fully saturated rings. The summed E-state index contributed by atoms with van der Waals surface area (Å²) in [5.41, 5.74) is -0.694. The summed E-state index contributed by atoms with van der Waals surface area (Å²) in [6, 6.07) is 5.79. The van der Waals surface area contributed by atoms with Gasteiger partial charge in [-0.15, -0.1) is 0 Å². The van der Waals surface area contributed by atoms with Gasteiger partial charge in [0.1, 0.15) is 0 Å². The van der Waals surface area contributed by atoms with Crippen molar-refractivity contribution in [2.45, 2.75) is 25.2 Å². The van der Waals surface area contributed by atoms with Crippen molar-refractivity contribution in [2.24, 2.45) is 0 Å². The van der Waals surface area contributed by atoms with Crippen LogP contribution in [-0.2, 0) is 15.8 Å². The molecule has 0 atom stereocenters. The second-order valence-corrected chi connectivity index (χ2v) is 7.41. The topological polar surface area (TPSA) is 94.9 Å². The Kier molecular flexibility index (Phi) is 4.90. The van der Waals surface area contributed by atoms with Crippen molar-refractivity contribution in [3.05, 3.63) is 35.4 Å². The van der Waals surface area contributed by atoms with Crippen molar-refractivity contribution in [2.75, 3.05) is 13.6 Å². The van der Waals surface area contributed by atoms with E-state index in [0.29, 0.717) is 5.56 Å². The molecule has 0 aliphatic rings. The van der Waals surface area contributed by atoms with Gasteiger partial charge >= 0.3 is 5.97 Å². The van der Waals surface area contributed by atoms with Crippen molar-refractivity contribution in [1.82, 2.24) is 4.31 Å². The van der Waals surface area contributed by atoms with Gasteiger partial charge in [-0.1, -0.05) is 12.1 Å². The van der Waals surface area contributed by atoms with Gasteiger partial charge in [-0.3, -0.25) is 0 Å². The SMILES string of the molecule is CN(CC(C)(C)O)S(=O)(=O)Cc1cccc(C(=O)O)c1. The molecule has 112 valence electrons. The van der Waals surface area contributed by atoms with Crippen LogP contribution in [0.4, 0.5) is 0 Å². The molecule has 0 spiro atoms. The van der Waals surface area contributed by atoms with Crippen LogP contribution in [0, 0.1) is 0 Å². The maximum Gasteiger partial charge on any atom is 0.335 e. The van der Waals surface area contributed by atoms with Gasteiger partial charge in [-0.2, -0.15) is 0 Å². The van der Waals surface area contributed by atoms with Crippen molar-refractivity contribution < 1.29 is 23.4 Å². The molecular formula is C13H19NO5S. The molecule has 0 aliphatic carbocycles. The molecule has 0 unspecified atom stereocenters. The zero-order chi connectivity index (χ0) is 15.6. The minimum Gasteiger partial charge on any atom is -0.478 e. The van der Waals surface area contributed by atoms with Gasteiger partial charge in [-0.05, 0) is 31.5 Å². The zero-order valence-electron chi connectivity index (χ0n) is 11.7. The standard InChI is InChI=1S/C13H19NO5S/c1-13(2,17)9-14(3)20(18,19)8-10-5-4-6-11(7-10)12(15)16/h4-7,17H,8-9H2,1-3H3,(H,15,16). The van der Waals surface area contributed by atoms with E-state index in [1.807, 2.05) is 0 Å². The van der Waals surface area contributed by atoms with E-state index in [0.717, 1.165) is 4.31 Å². The molecular weight excluding hydrogens is 282 g/mol. The lowest BCUT2D eigenvalue weighted by molar-refractivity contribution is 0.0639. The lowest BCUT2D eigenvalue weighted by Gasteiger charge is -2.25. The Labute approximate surface area is 118 Å². The molecule has 7 heteroatoms. The number of carbonyl (C=O) groups is 1. The van der Waals surface area contributed by atoms with Crippen LogP contribution in [0.25, 0.3) is 0 Å². The van der Waals surface area contributed by atoms with Crippen molar-refractivity contribution in [3.8, 4) is 0 Å². The molecule has 1 rings (SSSR count). The highest BCUT2D eigenvalue weighted by atomic mass is 32.2. The predicted octanol–water partition coefficient (Wildman–Crippen LogP) is 0.917. The molecule has 0 saturated carbocycles. The van der Waals surface area contributed by atoms with Crippen molar-refractivity contribution in [1.29, 1.82) is 0 Å². The first-order valence-corrected chi connectivity index (χ1v) is 7.61. The minimum absolute atomic E-state index is 0.0338.